The Balaban J connectivity index is 2.54. The number of nitrogens with one attached hydrogen (secondary N) is 1. The van der Waals surface area contributed by atoms with Crippen LogP contribution in [0.15, 0.2) is 30.5 Å². The molecule has 0 radical (unpaired) electrons. The molecular formula is C9H9NO3S. The minimum atomic E-state index is -3.46. The van der Waals surface area contributed by atoms with Crippen molar-refractivity contribution in [2.24, 2.45) is 0 Å². The van der Waals surface area contributed by atoms with Crippen LogP contribution < -0.4 is 4.18 Å². The summed E-state index contributed by atoms with van der Waals surface area (Å²) in [4.78, 5) is 2.92. The number of hydrogen-bond acceptors (Lipinski definition) is 3. The standard InChI is InChI=1S/C9H9NO3S/c1-14(11,12)13-9-6-10-8-5-3-2-4-7(8)9/h2-6,10H,1H3. The van der Waals surface area contributed by atoms with E-state index in [0.29, 0.717) is 5.75 Å². The van der Waals surface area contributed by atoms with E-state index < -0.39 is 10.1 Å². The van der Waals surface area contributed by atoms with Crippen molar-refractivity contribution in [2.75, 3.05) is 6.26 Å². The second-order valence-electron chi connectivity index (χ2n) is 2.99. The van der Waals surface area contributed by atoms with Crippen LogP contribution in [0.5, 0.6) is 5.75 Å². The van der Waals surface area contributed by atoms with Gasteiger partial charge < -0.3 is 9.17 Å². The molecule has 4 nitrogen and oxygen atoms in total. The minimum Gasteiger partial charge on any atom is -0.380 e. The van der Waals surface area contributed by atoms with Gasteiger partial charge in [0.1, 0.15) is 0 Å². The van der Waals surface area contributed by atoms with Crippen molar-refractivity contribution >= 4 is 21.0 Å². The van der Waals surface area contributed by atoms with Gasteiger partial charge in [0.2, 0.25) is 0 Å². The summed E-state index contributed by atoms with van der Waals surface area (Å²) in [5.41, 5.74) is 0.853. The van der Waals surface area contributed by atoms with Gasteiger partial charge in [-0.3, -0.25) is 0 Å². The van der Waals surface area contributed by atoms with Crippen molar-refractivity contribution in [3.05, 3.63) is 30.5 Å². The third kappa shape index (κ3) is 1.72. The van der Waals surface area contributed by atoms with E-state index in [4.69, 9.17) is 4.18 Å². The number of rotatable bonds is 2. The molecule has 5 heteroatoms. The van der Waals surface area contributed by atoms with Gasteiger partial charge in [-0.15, -0.1) is 0 Å². The molecule has 74 valence electrons. The van der Waals surface area contributed by atoms with E-state index in [9.17, 15) is 8.42 Å². The highest BCUT2D eigenvalue weighted by Crippen LogP contribution is 2.25. The average molecular weight is 211 g/mol. The summed E-state index contributed by atoms with van der Waals surface area (Å²) < 4.78 is 26.6. The molecule has 0 bridgehead atoms. The zero-order valence-corrected chi connectivity index (χ0v) is 8.34. The van der Waals surface area contributed by atoms with Gasteiger partial charge in [0.15, 0.2) is 5.75 Å². The van der Waals surface area contributed by atoms with Crippen molar-refractivity contribution in [3.63, 3.8) is 0 Å². The third-order valence-corrected chi connectivity index (χ3v) is 2.27. The summed E-state index contributed by atoms with van der Waals surface area (Å²) in [6.07, 6.45) is 2.56. The molecule has 0 aliphatic carbocycles. The Morgan fingerprint density at radius 3 is 2.71 bits per heavy atom. The fourth-order valence-corrected chi connectivity index (χ4v) is 1.74. The maximum atomic E-state index is 10.9. The lowest BCUT2D eigenvalue weighted by Gasteiger charge is -1.99. The van der Waals surface area contributed by atoms with Crippen LogP contribution in [0.2, 0.25) is 0 Å². The van der Waals surface area contributed by atoms with Crippen LogP contribution in [0.1, 0.15) is 0 Å². The number of benzene rings is 1. The average Bonchev–Trinajstić information content (AvgIpc) is 2.47. The van der Waals surface area contributed by atoms with E-state index in [0.717, 1.165) is 17.2 Å². The van der Waals surface area contributed by atoms with Gasteiger partial charge in [0.25, 0.3) is 0 Å². The molecule has 0 unspecified atom stereocenters. The van der Waals surface area contributed by atoms with E-state index in [1.54, 1.807) is 6.07 Å². The summed E-state index contributed by atoms with van der Waals surface area (Å²) >= 11 is 0. The van der Waals surface area contributed by atoms with Crippen molar-refractivity contribution < 1.29 is 12.6 Å². The SMILES string of the molecule is CS(=O)(=O)Oc1c[nH]c2ccccc12. The third-order valence-electron chi connectivity index (χ3n) is 1.79. The highest BCUT2D eigenvalue weighted by atomic mass is 32.2. The van der Waals surface area contributed by atoms with E-state index in [2.05, 4.69) is 4.98 Å². The summed E-state index contributed by atoms with van der Waals surface area (Å²) in [5, 5.41) is 0.762. The van der Waals surface area contributed by atoms with Crippen LogP contribution in [0, 0.1) is 0 Å². The summed E-state index contributed by atoms with van der Waals surface area (Å²) in [6, 6.07) is 7.34. The summed E-state index contributed by atoms with van der Waals surface area (Å²) in [5.74, 6) is 0.336. The molecule has 0 saturated heterocycles. The number of aromatic nitrogens is 1. The zero-order chi connectivity index (χ0) is 10.2. The lowest BCUT2D eigenvalue weighted by atomic mass is 10.2. The molecule has 0 spiro atoms. The number of H-pyrrole nitrogens is 1. The van der Waals surface area contributed by atoms with Crippen molar-refractivity contribution in [2.45, 2.75) is 0 Å². The van der Waals surface area contributed by atoms with Crippen LogP contribution in [-0.2, 0) is 10.1 Å². The molecule has 0 saturated carbocycles. The van der Waals surface area contributed by atoms with E-state index in [1.807, 2.05) is 18.2 Å². The number of hydrogen-bond donors (Lipinski definition) is 1. The molecule has 1 heterocycles. The molecule has 1 N–H and O–H groups in total. The quantitative estimate of drug-likeness (QED) is 0.766. The Kier molecular flexibility index (Phi) is 1.96. The zero-order valence-electron chi connectivity index (χ0n) is 7.52. The Morgan fingerprint density at radius 1 is 1.29 bits per heavy atom. The van der Waals surface area contributed by atoms with Gasteiger partial charge in [-0.1, -0.05) is 12.1 Å². The van der Waals surface area contributed by atoms with Crippen molar-refractivity contribution in [1.82, 2.24) is 4.98 Å². The normalized spacial score (nSPS) is 11.8. The van der Waals surface area contributed by atoms with Gasteiger partial charge in [-0.05, 0) is 12.1 Å². The van der Waals surface area contributed by atoms with Crippen molar-refractivity contribution in [3.8, 4) is 5.75 Å². The Labute approximate surface area is 81.6 Å². The van der Waals surface area contributed by atoms with Crippen LogP contribution in [0.4, 0.5) is 0 Å². The van der Waals surface area contributed by atoms with Crippen LogP contribution in [0.25, 0.3) is 10.9 Å². The summed E-state index contributed by atoms with van der Waals surface area (Å²) in [6.45, 7) is 0. The Morgan fingerprint density at radius 2 is 2.00 bits per heavy atom. The summed E-state index contributed by atoms with van der Waals surface area (Å²) in [7, 11) is -3.46. The van der Waals surface area contributed by atoms with Gasteiger partial charge in [0, 0.05) is 17.1 Å². The predicted molar refractivity (Wildman–Crippen MR) is 53.8 cm³/mol. The first-order chi connectivity index (χ1) is 6.56. The molecule has 2 rings (SSSR count). The second kappa shape index (κ2) is 3.02. The highest BCUT2D eigenvalue weighted by molar-refractivity contribution is 7.86. The number of fused-ring (bicyclic) bond motifs is 1. The van der Waals surface area contributed by atoms with Gasteiger partial charge >= 0.3 is 10.1 Å². The first-order valence-electron chi connectivity index (χ1n) is 4.02. The van der Waals surface area contributed by atoms with E-state index in [-0.39, 0.29) is 0 Å². The number of aromatic amines is 1. The number of para-hydroxylation sites is 1. The Bertz CT molecular complexity index is 556. The lowest BCUT2D eigenvalue weighted by molar-refractivity contribution is 0.495. The van der Waals surface area contributed by atoms with Gasteiger partial charge in [-0.25, -0.2) is 0 Å². The van der Waals surface area contributed by atoms with Crippen molar-refractivity contribution in [1.29, 1.82) is 0 Å². The first kappa shape index (κ1) is 9.08. The fourth-order valence-electron chi connectivity index (χ4n) is 1.28. The highest BCUT2D eigenvalue weighted by Gasteiger charge is 2.09. The fraction of sp³-hybridized carbons (Fsp3) is 0.111. The molecular weight excluding hydrogens is 202 g/mol. The molecule has 0 aliphatic rings. The molecule has 0 atom stereocenters. The largest absolute Gasteiger partial charge is 0.380 e. The molecule has 0 fully saturated rings. The van der Waals surface area contributed by atoms with E-state index >= 15 is 0 Å². The molecule has 2 aromatic rings. The monoisotopic (exact) mass is 211 g/mol. The first-order valence-corrected chi connectivity index (χ1v) is 5.83. The molecule has 0 amide bonds. The second-order valence-corrected chi connectivity index (χ2v) is 4.56. The lowest BCUT2D eigenvalue weighted by Crippen LogP contribution is -2.05. The van der Waals surface area contributed by atoms with Crippen LogP contribution in [0.3, 0.4) is 0 Å². The minimum absolute atomic E-state index is 0.336. The van der Waals surface area contributed by atoms with Crippen LogP contribution >= 0.6 is 0 Å². The maximum absolute atomic E-state index is 10.9. The van der Waals surface area contributed by atoms with Gasteiger partial charge in [-0.2, -0.15) is 8.42 Å². The topological polar surface area (TPSA) is 59.2 Å². The van der Waals surface area contributed by atoms with Gasteiger partial charge in [0.05, 0.1) is 6.26 Å². The molecule has 14 heavy (non-hydrogen) atoms. The Hall–Kier alpha value is -1.49. The molecule has 0 aliphatic heterocycles. The molecule has 1 aromatic carbocycles. The molecule has 1 aromatic heterocycles. The smallest absolute Gasteiger partial charge is 0.306 e. The maximum Gasteiger partial charge on any atom is 0.306 e. The predicted octanol–water partition coefficient (Wildman–Crippen LogP) is 1.51. The van der Waals surface area contributed by atoms with Crippen LogP contribution in [-0.4, -0.2) is 19.7 Å². The van der Waals surface area contributed by atoms with E-state index in [1.165, 1.54) is 6.20 Å².